The van der Waals surface area contributed by atoms with Crippen LogP contribution in [0.25, 0.3) is 11.3 Å². The van der Waals surface area contributed by atoms with E-state index in [1.54, 1.807) is 6.92 Å². The maximum Gasteiger partial charge on any atom is 0.309 e. The molecule has 0 saturated heterocycles. The molecule has 1 heterocycles. The van der Waals surface area contributed by atoms with Crippen molar-refractivity contribution in [3.8, 4) is 11.3 Å². The Morgan fingerprint density at radius 3 is 2.62 bits per heavy atom. The van der Waals surface area contributed by atoms with Crippen molar-refractivity contribution >= 4 is 28.3 Å². The van der Waals surface area contributed by atoms with Crippen LogP contribution in [0.5, 0.6) is 0 Å². The number of nitrogens with one attached hydrogen (secondary N) is 1. The number of carbonyl (C=O) groups excluding carboxylic acids is 2. The number of hydrogen-bond acceptors (Lipinski definition) is 5. The van der Waals surface area contributed by atoms with Crippen molar-refractivity contribution in [1.29, 1.82) is 0 Å². The highest BCUT2D eigenvalue weighted by molar-refractivity contribution is 7.14. The molecule has 1 amide bonds. The van der Waals surface area contributed by atoms with Crippen molar-refractivity contribution in [1.82, 2.24) is 4.98 Å². The molecule has 1 saturated carbocycles. The van der Waals surface area contributed by atoms with Crippen LogP contribution in [-0.4, -0.2) is 23.0 Å². The molecule has 3 rings (SSSR count). The summed E-state index contributed by atoms with van der Waals surface area (Å²) in [6, 6.07) is 8.23. The van der Waals surface area contributed by atoms with E-state index in [-0.39, 0.29) is 17.8 Å². The normalized spacial score (nSPS) is 15.6. The maximum atomic E-state index is 12.3. The second kappa shape index (κ2) is 8.45. The smallest absolute Gasteiger partial charge is 0.309 e. The summed E-state index contributed by atoms with van der Waals surface area (Å²) in [6.07, 6.45) is 4.01. The summed E-state index contributed by atoms with van der Waals surface area (Å²) >= 11 is 1.36. The number of esters is 1. The van der Waals surface area contributed by atoms with Crippen LogP contribution in [-0.2, 0) is 20.7 Å². The molecule has 1 aliphatic carbocycles. The molecule has 1 aromatic carbocycles. The maximum absolute atomic E-state index is 12.3. The third kappa shape index (κ3) is 4.49. The first-order valence-corrected chi connectivity index (χ1v) is 10.0. The Morgan fingerprint density at radius 2 is 1.96 bits per heavy atom. The molecule has 1 fully saturated rings. The van der Waals surface area contributed by atoms with Crippen LogP contribution in [0.1, 0.15) is 45.1 Å². The van der Waals surface area contributed by atoms with Crippen LogP contribution < -0.4 is 5.32 Å². The van der Waals surface area contributed by atoms with Gasteiger partial charge in [0.1, 0.15) is 0 Å². The van der Waals surface area contributed by atoms with Gasteiger partial charge in [0.05, 0.1) is 11.6 Å². The van der Waals surface area contributed by atoms with Crippen LogP contribution in [0.15, 0.2) is 29.6 Å². The zero-order valence-electron chi connectivity index (χ0n) is 15.2. The number of rotatable bonds is 6. The minimum atomic E-state index is -0.820. The molecule has 26 heavy (non-hydrogen) atoms. The third-order valence-corrected chi connectivity index (χ3v) is 5.50. The van der Waals surface area contributed by atoms with Crippen LogP contribution in [0.4, 0.5) is 5.13 Å². The van der Waals surface area contributed by atoms with Gasteiger partial charge < -0.3 is 4.74 Å². The van der Waals surface area contributed by atoms with Crippen LogP contribution in [0.3, 0.4) is 0 Å². The fourth-order valence-corrected chi connectivity index (χ4v) is 3.79. The summed E-state index contributed by atoms with van der Waals surface area (Å²) in [4.78, 5) is 28.8. The molecule has 0 spiro atoms. The lowest BCUT2D eigenvalue weighted by Crippen LogP contribution is -2.31. The Morgan fingerprint density at radius 1 is 1.27 bits per heavy atom. The number of hydrogen-bond donors (Lipinski definition) is 1. The van der Waals surface area contributed by atoms with E-state index < -0.39 is 6.10 Å². The Kier molecular flexibility index (Phi) is 6.04. The number of aromatic nitrogens is 1. The third-order valence-electron chi connectivity index (χ3n) is 4.74. The summed E-state index contributed by atoms with van der Waals surface area (Å²) in [7, 11) is 0. The van der Waals surface area contributed by atoms with Gasteiger partial charge in [0, 0.05) is 10.9 Å². The van der Waals surface area contributed by atoms with Gasteiger partial charge in [0.25, 0.3) is 5.91 Å². The Balaban J connectivity index is 1.57. The first kappa shape index (κ1) is 18.6. The lowest BCUT2D eigenvalue weighted by atomic mass is 10.1. The van der Waals surface area contributed by atoms with Gasteiger partial charge >= 0.3 is 5.97 Å². The molecular weight excluding hydrogens is 348 g/mol. The SMILES string of the molecule is CCc1ccc(-c2csc(NC(=O)[C@@H](C)OC(=O)C3CCCC3)n2)cc1. The predicted octanol–water partition coefficient (Wildman–Crippen LogP) is 4.43. The number of aryl methyl sites for hydroxylation is 1. The van der Waals surface area contributed by atoms with E-state index in [4.69, 9.17) is 4.74 Å². The molecule has 1 aliphatic rings. The molecule has 0 aliphatic heterocycles. The first-order valence-electron chi connectivity index (χ1n) is 9.13. The molecule has 5 nitrogen and oxygen atoms in total. The van der Waals surface area contributed by atoms with Gasteiger partial charge in [-0.15, -0.1) is 11.3 Å². The summed E-state index contributed by atoms with van der Waals surface area (Å²) in [5.74, 6) is -0.664. The molecular formula is C20H24N2O3S. The summed E-state index contributed by atoms with van der Waals surface area (Å²) < 4.78 is 5.31. The van der Waals surface area contributed by atoms with Crippen molar-refractivity contribution in [3.05, 3.63) is 35.2 Å². The van der Waals surface area contributed by atoms with E-state index >= 15 is 0 Å². The highest BCUT2D eigenvalue weighted by Gasteiger charge is 2.27. The number of benzene rings is 1. The van der Waals surface area contributed by atoms with Gasteiger partial charge in [-0.3, -0.25) is 14.9 Å². The van der Waals surface area contributed by atoms with Crippen molar-refractivity contribution in [3.63, 3.8) is 0 Å². The fraction of sp³-hybridized carbons (Fsp3) is 0.450. The molecule has 0 bridgehead atoms. The number of ether oxygens (including phenoxy) is 1. The Hall–Kier alpha value is -2.21. The lowest BCUT2D eigenvalue weighted by molar-refractivity contribution is -0.157. The standard InChI is InChI=1S/C20H24N2O3S/c1-3-14-8-10-15(11-9-14)17-12-26-20(21-17)22-18(23)13(2)25-19(24)16-6-4-5-7-16/h8-13,16H,3-7H2,1-2H3,(H,21,22,23)/t13-/m1/s1. The van der Waals surface area contributed by atoms with E-state index in [1.807, 2.05) is 17.5 Å². The second-order valence-corrected chi connectivity index (χ2v) is 7.50. The average molecular weight is 372 g/mol. The van der Waals surface area contributed by atoms with Gasteiger partial charge in [-0.05, 0) is 31.7 Å². The molecule has 0 unspecified atom stereocenters. The van der Waals surface area contributed by atoms with Gasteiger partial charge in [-0.2, -0.15) is 0 Å². The van der Waals surface area contributed by atoms with E-state index in [1.165, 1.54) is 16.9 Å². The molecule has 138 valence electrons. The van der Waals surface area contributed by atoms with Crippen LogP contribution in [0.2, 0.25) is 0 Å². The number of thiazole rings is 1. The van der Waals surface area contributed by atoms with Crippen LogP contribution in [0, 0.1) is 5.92 Å². The van der Waals surface area contributed by atoms with Crippen molar-refractivity contribution in [2.75, 3.05) is 5.32 Å². The van der Waals surface area contributed by atoms with Crippen molar-refractivity contribution < 1.29 is 14.3 Å². The molecule has 6 heteroatoms. The zero-order chi connectivity index (χ0) is 18.5. The molecule has 1 aromatic heterocycles. The molecule has 1 atom stereocenters. The second-order valence-electron chi connectivity index (χ2n) is 6.64. The monoisotopic (exact) mass is 372 g/mol. The Labute approximate surface area is 157 Å². The fourth-order valence-electron chi connectivity index (χ4n) is 3.07. The minimum Gasteiger partial charge on any atom is -0.452 e. The zero-order valence-corrected chi connectivity index (χ0v) is 16.0. The van der Waals surface area contributed by atoms with E-state index in [2.05, 4.69) is 29.4 Å². The highest BCUT2D eigenvalue weighted by atomic mass is 32.1. The molecule has 2 aromatic rings. The van der Waals surface area contributed by atoms with E-state index in [9.17, 15) is 9.59 Å². The van der Waals surface area contributed by atoms with E-state index in [0.29, 0.717) is 5.13 Å². The minimum absolute atomic E-state index is 0.0530. The number of carbonyl (C=O) groups is 2. The largest absolute Gasteiger partial charge is 0.452 e. The summed E-state index contributed by atoms with van der Waals surface area (Å²) in [5, 5.41) is 5.16. The quantitative estimate of drug-likeness (QED) is 0.762. The van der Waals surface area contributed by atoms with Gasteiger partial charge in [-0.1, -0.05) is 44.0 Å². The number of anilines is 1. The highest BCUT2D eigenvalue weighted by Crippen LogP contribution is 2.27. The number of amides is 1. The number of nitrogens with zero attached hydrogens (tertiary/aromatic N) is 1. The average Bonchev–Trinajstić information content (AvgIpc) is 3.34. The molecule has 1 N–H and O–H groups in total. The first-order chi connectivity index (χ1) is 12.6. The molecule has 0 radical (unpaired) electrons. The summed E-state index contributed by atoms with van der Waals surface area (Å²) in [5.41, 5.74) is 3.11. The topological polar surface area (TPSA) is 68.3 Å². The van der Waals surface area contributed by atoms with Crippen molar-refractivity contribution in [2.24, 2.45) is 5.92 Å². The van der Waals surface area contributed by atoms with Crippen LogP contribution >= 0.6 is 11.3 Å². The van der Waals surface area contributed by atoms with Gasteiger partial charge in [0.15, 0.2) is 11.2 Å². The van der Waals surface area contributed by atoms with Crippen molar-refractivity contribution in [2.45, 2.75) is 52.1 Å². The predicted molar refractivity (Wildman–Crippen MR) is 103 cm³/mol. The van der Waals surface area contributed by atoms with Gasteiger partial charge in [-0.25, -0.2) is 4.98 Å². The lowest BCUT2D eigenvalue weighted by Gasteiger charge is -2.15. The van der Waals surface area contributed by atoms with Gasteiger partial charge in [0.2, 0.25) is 0 Å². The summed E-state index contributed by atoms with van der Waals surface area (Å²) in [6.45, 7) is 3.71. The van der Waals surface area contributed by atoms with E-state index in [0.717, 1.165) is 43.4 Å². The Bertz CT molecular complexity index is 764.